The number of rotatable bonds is 10. The lowest BCUT2D eigenvalue weighted by Crippen LogP contribution is -2.64. The van der Waals surface area contributed by atoms with E-state index in [-0.39, 0.29) is 35.5 Å². The van der Waals surface area contributed by atoms with E-state index in [4.69, 9.17) is 20.4 Å². The van der Waals surface area contributed by atoms with Gasteiger partial charge < -0.3 is 41.0 Å². The minimum atomic E-state index is -4.27. The molecule has 2 atom stereocenters. The van der Waals surface area contributed by atoms with Gasteiger partial charge in [0.1, 0.15) is 20.2 Å². The van der Waals surface area contributed by atoms with Gasteiger partial charge in [0.25, 0.3) is 0 Å². The van der Waals surface area contributed by atoms with E-state index in [0.717, 1.165) is 11.1 Å². The number of aliphatic carboxylic acids is 4. The second-order valence-electron chi connectivity index (χ2n) is 8.47. The van der Waals surface area contributed by atoms with Crippen LogP contribution in [0.3, 0.4) is 0 Å². The molecule has 0 aromatic heterocycles. The van der Waals surface area contributed by atoms with Crippen LogP contribution in [0.15, 0.2) is 58.3 Å². The van der Waals surface area contributed by atoms with Gasteiger partial charge in [0.2, 0.25) is 0 Å². The molecule has 0 heterocycles. The summed E-state index contributed by atoms with van der Waals surface area (Å²) in [6.07, 6.45) is -0.101. The molecule has 2 aromatic carbocycles. The van der Waals surface area contributed by atoms with Crippen LogP contribution in [0.25, 0.3) is 0 Å². The van der Waals surface area contributed by atoms with Crippen molar-refractivity contribution in [1.82, 2.24) is 0 Å². The third-order valence-corrected chi connectivity index (χ3v) is 6.43. The third-order valence-electron chi connectivity index (χ3n) is 4.73. The van der Waals surface area contributed by atoms with Crippen LogP contribution in [0, 0.1) is 13.8 Å². The van der Waals surface area contributed by atoms with Crippen LogP contribution in [0.2, 0.25) is 0 Å². The topological polar surface area (TPSA) is 319 Å². The lowest BCUT2D eigenvalue weighted by Gasteiger charge is -2.05. The maximum atomic E-state index is 10.4. The monoisotopic (exact) mass is 638 g/mol. The molecular formula is C24H34N2O14S2. The highest BCUT2D eigenvalue weighted by molar-refractivity contribution is 7.86. The highest BCUT2D eigenvalue weighted by atomic mass is 32.2. The van der Waals surface area contributed by atoms with E-state index in [1.807, 2.05) is 13.8 Å². The first-order valence-electron chi connectivity index (χ1n) is 11.7. The largest absolute Gasteiger partial charge is 0.744 e. The van der Waals surface area contributed by atoms with Gasteiger partial charge in [0.05, 0.1) is 22.6 Å². The number of carbonyl (C=O) groups is 4. The molecular weight excluding hydrogens is 604 g/mol. The van der Waals surface area contributed by atoms with Crippen molar-refractivity contribution in [3.63, 3.8) is 0 Å². The minimum absolute atomic E-state index is 0.0880. The molecule has 42 heavy (non-hydrogen) atoms. The fourth-order valence-electron chi connectivity index (χ4n) is 2.25. The van der Waals surface area contributed by atoms with E-state index in [0.29, 0.717) is 0 Å². The molecule has 10 N–H and O–H groups in total. The molecule has 16 nitrogen and oxygen atoms in total. The van der Waals surface area contributed by atoms with Gasteiger partial charge in [-0.15, -0.1) is 0 Å². The third kappa shape index (κ3) is 20.9. The van der Waals surface area contributed by atoms with E-state index in [9.17, 15) is 45.1 Å². The van der Waals surface area contributed by atoms with Crippen LogP contribution in [0.5, 0.6) is 0 Å². The molecule has 0 aliphatic heterocycles. The first-order chi connectivity index (χ1) is 19.1. The Bertz CT molecular complexity index is 1270. The van der Waals surface area contributed by atoms with Crippen LogP contribution in [0.1, 0.15) is 36.8 Å². The summed E-state index contributed by atoms with van der Waals surface area (Å²) >= 11 is 0. The van der Waals surface area contributed by atoms with Crippen molar-refractivity contribution >= 4 is 44.1 Å². The molecule has 0 radical (unpaired) electrons. The average Bonchev–Trinajstić information content (AvgIpc) is 2.86. The molecule has 0 aliphatic carbocycles. The summed E-state index contributed by atoms with van der Waals surface area (Å²) in [5.41, 5.74) is 8.35. The number of hydrogen-bond acceptors (Lipinski definition) is 10. The molecule has 2 aromatic rings. The summed E-state index contributed by atoms with van der Waals surface area (Å²) in [5.74, 6) is -4.09. The van der Waals surface area contributed by atoms with Crippen molar-refractivity contribution < 1.29 is 77.0 Å². The van der Waals surface area contributed by atoms with Crippen LogP contribution >= 0.6 is 0 Å². The lowest BCUT2D eigenvalue weighted by atomic mass is 10.2. The van der Waals surface area contributed by atoms with Crippen LogP contribution < -0.4 is 11.5 Å². The van der Waals surface area contributed by atoms with Crippen LogP contribution in [-0.2, 0) is 39.4 Å². The van der Waals surface area contributed by atoms with Gasteiger partial charge in [-0.2, -0.15) is 0 Å². The molecule has 0 saturated heterocycles. The molecule has 18 heteroatoms. The van der Waals surface area contributed by atoms with E-state index in [2.05, 4.69) is 11.5 Å². The second kappa shape index (κ2) is 19.2. The molecule has 0 saturated carbocycles. The Labute approximate surface area is 242 Å². The predicted molar refractivity (Wildman–Crippen MR) is 141 cm³/mol. The van der Waals surface area contributed by atoms with E-state index in [1.165, 1.54) is 24.3 Å². The molecule has 2 rings (SSSR count). The number of hydrogen-bond donors (Lipinski definition) is 6. The molecule has 0 spiro atoms. The summed E-state index contributed by atoms with van der Waals surface area (Å²) in [6.45, 7) is 3.64. The molecule has 0 fully saturated rings. The minimum Gasteiger partial charge on any atom is -0.744 e. The lowest BCUT2D eigenvalue weighted by molar-refractivity contribution is -0.409. The molecule has 0 amide bonds. The summed E-state index contributed by atoms with van der Waals surface area (Å²) in [4.78, 5) is 39.6. The summed E-state index contributed by atoms with van der Waals surface area (Å²) < 4.78 is 62.3. The first kappa shape index (κ1) is 40.2. The highest BCUT2D eigenvalue weighted by Crippen LogP contribution is 2.09. The van der Waals surface area contributed by atoms with Crippen molar-refractivity contribution in [2.75, 3.05) is 0 Å². The van der Waals surface area contributed by atoms with Crippen LogP contribution in [-0.4, -0.2) is 82.3 Å². The standard InChI is InChI=1S/2C7H8O3S.2C5H9NO4/c2*1-6-2-4-7(5-3-6)11(8,9)10;2*6-3(5(9)10)1-2-4(7)8/h2*2-5H,1H3,(H,8,9,10);2*3H,1-2,6H2,(H,7,8)(H,9,10)/t;;2*3-/m..00/s1. The number of carboxylic acids is 4. The van der Waals surface area contributed by atoms with Gasteiger partial charge in [-0.05, 0) is 38.1 Å². The van der Waals surface area contributed by atoms with Gasteiger partial charge in [-0.25, -0.2) is 26.4 Å². The molecule has 0 unspecified atom stereocenters. The molecule has 0 bridgehead atoms. The maximum absolute atomic E-state index is 10.4. The smallest absolute Gasteiger partial charge is 0.362 e. The normalized spacial score (nSPS) is 12.0. The van der Waals surface area contributed by atoms with Crippen molar-refractivity contribution in [3.8, 4) is 0 Å². The van der Waals surface area contributed by atoms with E-state index >= 15 is 0 Å². The van der Waals surface area contributed by atoms with E-state index < -0.39 is 56.2 Å². The number of benzene rings is 2. The van der Waals surface area contributed by atoms with Crippen molar-refractivity contribution in [3.05, 3.63) is 59.7 Å². The molecule has 236 valence electrons. The Morgan fingerprint density at radius 1 is 0.619 bits per heavy atom. The maximum Gasteiger partial charge on any atom is 0.362 e. The fourth-order valence-corrected chi connectivity index (χ4v) is 3.19. The van der Waals surface area contributed by atoms with Gasteiger partial charge in [-0.3, -0.25) is 9.59 Å². The fraction of sp³-hybridized carbons (Fsp3) is 0.333. The SMILES string of the molecule is Cc1ccc(S(=O)(=O)[O-])cc1.Cc1ccc(S(=O)(=O)[O-])cc1.[NH3+][C@@H](CCC(=O)O)C(=O)O.[NH3+][C@@H](CCC(=O)O)C(=O)O. The second-order valence-corrected chi connectivity index (χ2v) is 11.2. The zero-order valence-corrected chi connectivity index (χ0v) is 24.3. The number of carboxylic acid groups (broad SMARTS) is 4. The summed E-state index contributed by atoms with van der Waals surface area (Å²) in [7, 11) is -8.54. The zero-order valence-electron chi connectivity index (χ0n) is 22.7. The number of quaternary nitrogens is 2. The highest BCUT2D eigenvalue weighted by Gasteiger charge is 2.16. The average molecular weight is 639 g/mol. The Kier molecular flexibility index (Phi) is 18.4. The quantitative estimate of drug-likeness (QED) is 0.168. The van der Waals surface area contributed by atoms with Gasteiger partial charge >= 0.3 is 23.9 Å². The van der Waals surface area contributed by atoms with Gasteiger partial charge in [0, 0.05) is 12.8 Å². The van der Waals surface area contributed by atoms with Crippen molar-refractivity contribution in [2.45, 2.75) is 61.4 Å². The Hall–Kier alpha value is -3.94. The van der Waals surface area contributed by atoms with Crippen LogP contribution in [0.4, 0.5) is 0 Å². The van der Waals surface area contributed by atoms with E-state index in [1.54, 1.807) is 24.3 Å². The Morgan fingerprint density at radius 3 is 1.02 bits per heavy atom. The first-order valence-corrected chi connectivity index (χ1v) is 14.5. The van der Waals surface area contributed by atoms with Gasteiger partial charge in [0.15, 0.2) is 12.1 Å². The van der Waals surface area contributed by atoms with Crippen molar-refractivity contribution in [2.24, 2.45) is 0 Å². The Morgan fingerprint density at radius 2 is 0.857 bits per heavy atom. The molecule has 0 aliphatic rings. The Balaban J connectivity index is 0. The number of aryl methyl sites for hydroxylation is 2. The van der Waals surface area contributed by atoms with Gasteiger partial charge in [-0.1, -0.05) is 35.4 Å². The zero-order chi connectivity index (χ0) is 33.3. The summed E-state index contributed by atoms with van der Waals surface area (Å²) in [5, 5.41) is 32.7. The summed E-state index contributed by atoms with van der Waals surface area (Å²) in [6, 6.07) is 9.95. The van der Waals surface area contributed by atoms with Crippen molar-refractivity contribution in [1.29, 1.82) is 0 Å². The predicted octanol–water partition coefficient (Wildman–Crippen LogP) is -1.11.